The quantitative estimate of drug-likeness (QED) is 0.265. The highest BCUT2D eigenvalue weighted by atomic mass is 127. The van der Waals surface area contributed by atoms with Crippen LogP contribution in [0.2, 0.25) is 0 Å². The van der Waals surface area contributed by atoms with E-state index in [-0.39, 0.29) is 29.9 Å². The Labute approximate surface area is 155 Å². The van der Waals surface area contributed by atoms with E-state index in [1.807, 2.05) is 6.07 Å². The molecule has 1 aromatic carbocycles. The summed E-state index contributed by atoms with van der Waals surface area (Å²) in [5.41, 5.74) is 0.585. The van der Waals surface area contributed by atoms with Crippen LogP contribution >= 0.6 is 24.0 Å². The van der Waals surface area contributed by atoms with Crippen molar-refractivity contribution in [2.45, 2.75) is 13.8 Å². The van der Waals surface area contributed by atoms with Gasteiger partial charge in [-0.3, -0.25) is 9.79 Å². The summed E-state index contributed by atoms with van der Waals surface area (Å²) >= 11 is 0. The number of methoxy groups -OCH3 is 1. The Kier molecular flexibility index (Phi) is 11.2. The first-order chi connectivity index (χ1) is 10.6. The van der Waals surface area contributed by atoms with Gasteiger partial charge in [0.2, 0.25) is 0 Å². The number of amides is 1. The zero-order valence-corrected chi connectivity index (χ0v) is 16.5. The van der Waals surface area contributed by atoms with Gasteiger partial charge in [-0.15, -0.1) is 24.0 Å². The van der Waals surface area contributed by atoms with E-state index in [0.717, 1.165) is 12.5 Å². The zero-order chi connectivity index (χ0) is 16.4. The van der Waals surface area contributed by atoms with E-state index in [0.29, 0.717) is 30.3 Å². The third kappa shape index (κ3) is 8.63. The molecule has 1 rings (SSSR count). The summed E-state index contributed by atoms with van der Waals surface area (Å²) in [5.74, 6) is 1.84. The maximum atomic E-state index is 12.0. The third-order valence-corrected chi connectivity index (χ3v) is 2.94. The fraction of sp³-hybridized carbons (Fsp3) is 0.500. The number of guanidine groups is 1. The number of carbonyl (C=O) groups excluding carboxylic acids is 1. The molecular weight excluding hydrogens is 407 g/mol. The van der Waals surface area contributed by atoms with E-state index in [2.05, 4.69) is 34.8 Å². The van der Waals surface area contributed by atoms with E-state index >= 15 is 0 Å². The molecule has 0 unspecified atom stereocenters. The fourth-order valence-corrected chi connectivity index (χ4v) is 1.74. The lowest BCUT2D eigenvalue weighted by atomic mass is 10.2. The van der Waals surface area contributed by atoms with E-state index in [9.17, 15) is 4.79 Å². The Hall–Kier alpha value is -1.51. The van der Waals surface area contributed by atoms with Gasteiger partial charge in [-0.25, -0.2) is 0 Å². The van der Waals surface area contributed by atoms with Crippen molar-refractivity contribution >= 4 is 35.8 Å². The van der Waals surface area contributed by atoms with Gasteiger partial charge in [0.25, 0.3) is 5.91 Å². The summed E-state index contributed by atoms with van der Waals surface area (Å²) in [6.45, 7) is 6.24. The molecule has 0 aliphatic carbocycles. The molecule has 0 saturated carbocycles. The summed E-state index contributed by atoms with van der Waals surface area (Å²) < 4.78 is 5.11. The first kappa shape index (κ1) is 21.5. The molecule has 0 aliphatic rings. The molecule has 0 saturated heterocycles. The highest BCUT2D eigenvalue weighted by Crippen LogP contribution is 2.11. The molecule has 23 heavy (non-hydrogen) atoms. The Morgan fingerprint density at radius 1 is 1.22 bits per heavy atom. The van der Waals surface area contributed by atoms with Crippen molar-refractivity contribution in [3.05, 3.63) is 29.8 Å². The number of aliphatic imine (C=N–C) groups is 1. The Balaban J connectivity index is 0.00000484. The van der Waals surface area contributed by atoms with E-state index in [4.69, 9.17) is 4.74 Å². The standard InChI is InChI=1S/C16H26N4O2.HI/c1-12(2)11-20-16(17-3)19-9-8-18-15(21)13-6-5-7-14(10-13)22-4;/h5-7,10,12H,8-9,11H2,1-4H3,(H,18,21)(H2,17,19,20);1H. The number of hydrogen-bond acceptors (Lipinski definition) is 3. The lowest BCUT2D eigenvalue weighted by Crippen LogP contribution is -2.42. The number of benzene rings is 1. The van der Waals surface area contributed by atoms with Gasteiger partial charge in [0.1, 0.15) is 5.75 Å². The molecule has 0 spiro atoms. The molecule has 0 fully saturated rings. The van der Waals surface area contributed by atoms with Crippen molar-refractivity contribution < 1.29 is 9.53 Å². The van der Waals surface area contributed by atoms with Crippen molar-refractivity contribution in [2.24, 2.45) is 10.9 Å². The molecule has 7 heteroatoms. The predicted molar refractivity (Wildman–Crippen MR) is 105 cm³/mol. The Morgan fingerprint density at radius 2 is 1.91 bits per heavy atom. The smallest absolute Gasteiger partial charge is 0.251 e. The molecule has 0 radical (unpaired) electrons. The van der Waals surface area contributed by atoms with Crippen molar-refractivity contribution in [1.82, 2.24) is 16.0 Å². The molecule has 1 amide bonds. The topological polar surface area (TPSA) is 74.8 Å². The lowest BCUT2D eigenvalue weighted by molar-refractivity contribution is 0.0954. The third-order valence-electron chi connectivity index (χ3n) is 2.94. The highest BCUT2D eigenvalue weighted by molar-refractivity contribution is 14.0. The SMILES string of the molecule is CN=C(NCCNC(=O)c1cccc(OC)c1)NCC(C)C.I. The summed E-state index contributed by atoms with van der Waals surface area (Å²) in [4.78, 5) is 16.1. The molecule has 0 aliphatic heterocycles. The maximum absolute atomic E-state index is 12.0. The number of rotatable bonds is 7. The minimum Gasteiger partial charge on any atom is -0.497 e. The maximum Gasteiger partial charge on any atom is 0.251 e. The van der Waals surface area contributed by atoms with Gasteiger partial charge >= 0.3 is 0 Å². The van der Waals surface area contributed by atoms with Gasteiger partial charge in [0.15, 0.2) is 5.96 Å². The van der Waals surface area contributed by atoms with Crippen LogP contribution in [0.15, 0.2) is 29.3 Å². The summed E-state index contributed by atoms with van der Waals surface area (Å²) in [5, 5.41) is 9.22. The summed E-state index contributed by atoms with van der Waals surface area (Å²) in [6, 6.07) is 7.08. The van der Waals surface area contributed by atoms with Crippen LogP contribution in [0, 0.1) is 5.92 Å². The van der Waals surface area contributed by atoms with Gasteiger partial charge in [0, 0.05) is 32.2 Å². The van der Waals surface area contributed by atoms with Crippen molar-refractivity contribution in [2.75, 3.05) is 33.8 Å². The second kappa shape index (κ2) is 12.0. The number of nitrogens with zero attached hydrogens (tertiary/aromatic N) is 1. The van der Waals surface area contributed by atoms with Crippen LogP contribution in [-0.4, -0.2) is 45.7 Å². The zero-order valence-electron chi connectivity index (χ0n) is 14.2. The predicted octanol–water partition coefficient (Wildman–Crippen LogP) is 1.86. The van der Waals surface area contributed by atoms with Crippen molar-refractivity contribution in [1.29, 1.82) is 0 Å². The molecule has 130 valence electrons. The minimum atomic E-state index is -0.120. The highest BCUT2D eigenvalue weighted by Gasteiger charge is 2.06. The van der Waals surface area contributed by atoms with Crippen LogP contribution < -0.4 is 20.7 Å². The van der Waals surface area contributed by atoms with Gasteiger partial charge < -0.3 is 20.7 Å². The van der Waals surface area contributed by atoms with Crippen LogP contribution in [0.3, 0.4) is 0 Å². The number of ether oxygens (including phenoxy) is 1. The van der Waals surface area contributed by atoms with Crippen molar-refractivity contribution in [3.63, 3.8) is 0 Å². The molecular formula is C16H27IN4O2. The van der Waals surface area contributed by atoms with E-state index in [1.165, 1.54) is 0 Å². The van der Waals surface area contributed by atoms with Gasteiger partial charge in [-0.05, 0) is 24.1 Å². The number of carbonyl (C=O) groups is 1. The molecule has 0 heterocycles. The van der Waals surface area contributed by atoms with Crippen LogP contribution in [0.5, 0.6) is 5.75 Å². The lowest BCUT2D eigenvalue weighted by Gasteiger charge is -2.13. The Bertz CT molecular complexity index is 507. The number of nitrogens with one attached hydrogen (secondary N) is 3. The Morgan fingerprint density at radius 3 is 2.52 bits per heavy atom. The second-order valence-electron chi connectivity index (χ2n) is 5.26. The van der Waals surface area contributed by atoms with Crippen LogP contribution in [-0.2, 0) is 0 Å². The van der Waals surface area contributed by atoms with Gasteiger partial charge in [0.05, 0.1) is 7.11 Å². The number of halogens is 1. The van der Waals surface area contributed by atoms with Crippen LogP contribution in [0.25, 0.3) is 0 Å². The van der Waals surface area contributed by atoms with Gasteiger partial charge in [-0.2, -0.15) is 0 Å². The van der Waals surface area contributed by atoms with Crippen LogP contribution in [0.1, 0.15) is 24.2 Å². The first-order valence-electron chi connectivity index (χ1n) is 7.43. The molecule has 0 atom stereocenters. The molecule has 6 nitrogen and oxygen atoms in total. The summed E-state index contributed by atoms with van der Waals surface area (Å²) in [7, 11) is 3.31. The molecule has 0 bridgehead atoms. The van der Waals surface area contributed by atoms with Crippen LogP contribution in [0.4, 0.5) is 0 Å². The van der Waals surface area contributed by atoms with Crippen molar-refractivity contribution in [3.8, 4) is 5.75 Å². The monoisotopic (exact) mass is 434 g/mol. The van der Waals surface area contributed by atoms with E-state index in [1.54, 1.807) is 32.4 Å². The van der Waals surface area contributed by atoms with E-state index < -0.39 is 0 Å². The molecule has 0 aromatic heterocycles. The fourth-order valence-electron chi connectivity index (χ4n) is 1.74. The normalized spacial score (nSPS) is 10.7. The average Bonchev–Trinajstić information content (AvgIpc) is 2.53. The first-order valence-corrected chi connectivity index (χ1v) is 7.43. The number of hydrogen-bond donors (Lipinski definition) is 3. The largest absolute Gasteiger partial charge is 0.497 e. The second-order valence-corrected chi connectivity index (χ2v) is 5.26. The summed E-state index contributed by atoms with van der Waals surface area (Å²) in [6.07, 6.45) is 0. The minimum absolute atomic E-state index is 0. The molecule has 1 aromatic rings. The average molecular weight is 434 g/mol. The van der Waals surface area contributed by atoms with Gasteiger partial charge in [-0.1, -0.05) is 19.9 Å². The molecule has 3 N–H and O–H groups in total.